The molecule has 0 aliphatic rings. The summed E-state index contributed by atoms with van der Waals surface area (Å²) in [6.45, 7) is 3.00. The van der Waals surface area contributed by atoms with Crippen LogP contribution in [0.2, 0.25) is 0 Å². The first-order chi connectivity index (χ1) is 10.4. The van der Waals surface area contributed by atoms with Crippen molar-refractivity contribution in [2.75, 3.05) is 0 Å². The van der Waals surface area contributed by atoms with Gasteiger partial charge in [0.15, 0.2) is 5.65 Å². The van der Waals surface area contributed by atoms with Gasteiger partial charge in [0.05, 0.1) is 11.6 Å². The third-order valence-corrected chi connectivity index (χ3v) is 3.56. The van der Waals surface area contributed by atoms with E-state index in [0.717, 1.165) is 49.1 Å². The first kappa shape index (κ1) is 13.7. The Morgan fingerprint density at radius 2 is 2.00 bits per heavy atom. The molecule has 0 unspecified atom stereocenters. The van der Waals surface area contributed by atoms with Gasteiger partial charge in [0, 0.05) is 13.0 Å². The zero-order chi connectivity index (χ0) is 14.5. The van der Waals surface area contributed by atoms with E-state index in [1.54, 1.807) is 6.20 Å². The van der Waals surface area contributed by atoms with Crippen LogP contribution in [0, 0.1) is 6.20 Å². The maximum atomic E-state index is 4.64. The monoisotopic (exact) mass is 279 g/mol. The first-order valence-electron chi connectivity index (χ1n) is 7.51. The third kappa shape index (κ3) is 3.27. The average molecular weight is 279 g/mol. The van der Waals surface area contributed by atoms with E-state index in [9.17, 15) is 0 Å². The topological polar surface area (TPSA) is 43.6 Å². The van der Waals surface area contributed by atoms with Gasteiger partial charge in [-0.2, -0.15) is 5.10 Å². The smallest absolute Gasteiger partial charge is 0.162 e. The van der Waals surface area contributed by atoms with Gasteiger partial charge in [0.1, 0.15) is 12.0 Å². The Morgan fingerprint density at radius 1 is 1.14 bits per heavy atom. The summed E-state index contributed by atoms with van der Waals surface area (Å²) in [5.74, 6) is 0.866. The minimum atomic E-state index is 0.825. The summed E-state index contributed by atoms with van der Waals surface area (Å²) in [4.78, 5) is 8.93. The molecule has 21 heavy (non-hydrogen) atoms. The molecule has 4 heteroatoms. The number of fused-ring (bicyclic) bond motifs is 1. The number of hydrogen-bond donors (Lipinski definition) is 0. The molecular weight excluding hydrogens is 260 g/mol. The number of hydrogen-bond acceptors (Lipinski definition) is 3. The van der Waals surface area contributed by atoms with Crippen molar-refractivity contribution in [2.45, 2.75) is 39.2 Å². The largest absolute Gasteiger partial charge is 0.247 e. The quantitative estimate of drug-likeness (QED) is 0.696. The predicted octanol–water partition coefficient (Wildman–Crippen LogP) is 3.21. The van der Waals surface area contributed by atoms with Crippen LogP contribution in [0.5, 0.6) is 0 Å². The number of unbranched alkanes of at least 4 members (excludes halogenated alkanes) is 1. The molecule has 1 radical (unpaired) electrons. The Labute approximate surface area is 124 Å². The van der Waals surface area contributed by atoms with Crippen molar-refractivity contribution < 1.29 is 0 Å². The zero-order valence-corrected chi connectivity index (χ0v) is 12.3. The lowest BCUT2D eigenvalue weighted by Crippen LogP contribution is -2.05. The second-order valence-corrected chi connectivity index (χ2v) is 5.20. The third-order valence-electron chi connectivity index (χ3n) is 3.56. The molecule has 0 spiro atoms. The van der Waals surface area contributed by atoms with Crippen LogP contribution in [0.1, 0.15) is 31.2 Å². The van der Waals surface area contributed by atoms with Crippen molar-refractivity contribution in [2.24, 2.45) is 0 Å². The molecule has 0 aliphatic heterocycles. The van der Waals surface area contributed by atoms with E-state index in [0.29, 0.717) is 0 Å². The zero-order valence-electron chi connectivity index (χ0n) is 12.3. The van der Waals surface area contributed by atoms with Crippen LogP contribution in [0.4, 0.5) is 0 Å². The number of nitrogens with zero attached hydrogens (tertiary/aromatic N) is 4. The molecule has 0 saturated carbocycles. The van der Waals surface area contributed by atoms with Crippen LogP contribution >= 0.6 is 0 Å². The van der Waals surface area contributed by atoms with Gasteiger partial charge < -0.3 is 0 Å². The second-order valence-electron chi connectivity index (χ2n) is 5.20. The van der Waals surface area contributed by atoms with Gasteiger partial charge in [-0.15, -0.1) is 0 Å². The fourth-order valence-corrected chi connectivity index (χ4v) is 2.34. The Balaban J connectivity index is 1.78. The summed E-state index contributed by atoms with van der Waals surface area (Å²) < 4.78 is 1.95. The lowest BCUT2D eigenvalue weighted by atomic mass is 10.1. The van der Waals surface area contributed by atoms with Gasteiger partial charge in [-0.1, -0.05) is 43.7 Å². The molecule has 2 heterocycles. The fourth-order valence-electron chi connectivity index (χ4n) is 2.34. The summed E-state index contributed by atoms with van der Waals surface area (Å²) in [5.41, 5.74) is 2.21. The van der Waals surface area contributed by atoms with Gasteiger partial charge in [-0.3, -0.25) is 0 Å². The molecule has 3 aromatic rings. The van der Waals surface area contributed by atoms with E-state index in [2.05, 4.69) is 52.5 Å². The summed E-state index contributed by atoms with van der Waals surface area (Å²) in [7, 11) is 0. The Bertz CT molecular complexity index is 703. The molecule has 0 atom stereocenters. The number of aromatic nitrogens is 4. The summed E-state index contributed by atoms with van der Waals surface area (Å²) in [6.07, 6.45) is 8.96. The van der Waals surface area contributed by atoms with Gasteiger partial charge in [0.25, 0.3) is 0 Å². The Kier molecular flexibility index (Phi) is 4.24. The van der Waals surface area contributed by atoms with E-state index < -0.39 is 0 Å². The lowest BCUT2D eigenvalue weighted by molar-refractivity contribution is 0.627. The minimum absolute atomic E-state index is 0.825. The van der Waals surface area contributed by atoms with Gasteiger partial charge >= 0.3 is 0 Å². The molecule has 0 amide bonds. The van der Waals surface area contributed by atoms with E-state index in [1.165, 1.54) is 5.56 Å². The van der Waals surface area contributed by atoms with Crippen LogP contribution in [0.15, 0.2) is 36.5 Å². The predicted molar refractivity (Wildman–Crippen MR) is 82.9 cm³/mol. The Morgan fingerprint density at radius 3 is 2.81 bits per heavy atom. The normalized spacial score (nSPS) is 11.1. The molecule has 0 saturated heterocycles. The van der Waals surface area contributed by atoms with Crippen LogP contribution in [0.25, 0.3) is 11.0 Å². The van der Waals surface area contributed by atoms with Crippen LogP contribution in [0.3, 0.4) is 0 Å². The maximum Gasteiger partial charge on any atom is 0.162 e. The highest BCUT2D eigenvalue weighted by atomic mass is 15.3. The van der Waals surface area contributed by atoms with Gasteiger partial charge in [-0.25, -0.2) is 14.6 Å². The van der Waals surface area contributed by atoms with Crippen molar-refractivity contribution in [3.8, 4) is 0 Å². The van der Waals surface area contributed by atoms with Crippen molar-refractivity contribution in [3.63, 3.8) is 0 Å². The molecule has 0 fully saturated rings. The fraction of sp³-hybridized carbons (Fsp3) is 0.353. The van der Waals surface area contributed by atoms with Crippen LogP contribution < -0.4 is 0 Å². The van der Waals surface area contributed by atoms with Crippen molar-refractivity contribution >= 4 is 11.0 Å². The van der Waals surface area contributed by atoms with E-state index in [-0.39, 0.29) is 0 Å². The average Bonchev–Trinajstić information content (AvgIpc) is 2.94. The minimum Gasteiger partial charge on any atom is -0.247 e. The molecule has 1 aromatic carbocycles. The van der Waals surface area contributed by atoms with Crippen molar-refractivity contribution in [3.05, 3.63) is 54.1 Å². The second kappa shape index (κ2) is 6.48. The standard InChI is InChI=1S/C17H19N4/c1-2-3-9-16-18-12-15-13-19-21(17(15)20-16)11-10-14-7-5-4-6-8-14/h4-8,13H,2-3,9-11H2,1H3. The number of benzene rings is 1. The number of aryl methyl sites for hydroxylation is 3. The molecule has 0 bridgehead atoms. The SMILES string of the molecule is CCCCc1n[c]c2cnn(CCc3ccccc3)c2n1. The van der Waals surface area contributed by atoms with E-state index in [4.69, 9.17) is 0 Å². The van der Waals surface area contributed by atoms with E-state index in [1.807, 2.05) is 10.7 Å². The lowest BCUT2D eigenvalue weighted by Gasteiger charge is -2.04. The molecule has 0 aliphatic carbocycles. The van der Waals surface area contributed by atoms with Gasteiger partial charge in [-0.05, 0) is 18.4 Å². The van der Waals surface area contributed by atoms with Crippen LogP contribution in [-0.4, -0.2) is 19.7 Å². The molecular formula is C17H19N4. The Hall–Kier alpha value is -2.23. The molecule has 107 valence electrons. The van der Waals surface area contributed by atoms with Crippen molar-refractivity contribution in [1.29, 1.82) is 0 Å². The van der Waals surface area contributed by atoms with Crippen LogP contribution in [-0.2, 0) is 19.4 Å². The van der Waals surface area contributed by atoms with E-state index >= 15 is 0 Å². The molecule has 2 aromatic heterocycles. The first-order valence-corrected chi connectivity index (χ1v) is 7.51. The number of rotatable bonds is 6. The maximum absolute atomic E-state index is 4.64. The summed E-state index contributed by atoms with van der Waals surface area (Å²) in [5, 5.41) is 5.31. The highest BCUT2D eigenvalue weighted by Crippen LogP contribution is 2.12. The summed E-state index contributed by atoms with van der Waals surface area (Å²) in [6, 6.07) is 10.4. The van der Waals surface area contributed by atoms with Crippen molar-refractivity contribution in [1.82, 2.24) is 19.7 Å². The van der Waals surface area contributed by atoms with Gasteiger partial charge in [0.2, 0.25) is 0 Å². The highest BCUT2D eigenvalue weighted by Gasteiger charge is 2.07. The highest BCUT2D eigenvalue weighted by molar-refractivity contribution is 5.72. The molecule has 0 N–H and O–H groups in total. The summed E-state index contributed by atoms with van der Waals surface area (Å²) >= 11 is 0. The molecule has 3 rings (SSSR count). The molecule has 4 nitrogen and oxygen atoms in total.